The minimum atomic E-state index is -0.0871. The van der Waals surface area contributed by atoms with Crippen molar-refractivity contribution in [3.8, 4) is 0 Å². The molecule has 1 aliphatic carbocycles. The number of anilines is 1. The van der Waals surface area contributed by atoms with Crippen molar-refractivity contribution in [1.82, 2.24) is 29.9 Å². The van der Waals surface area contributed by atoms with Crippen LogP contribution in [0.25, 0.3) is 11.0 Å². The van der Waals surface area contributed by atoms with E-state index in [1.807, 2.05) is 20.2 Å². The molecular formula is C17H23N7O. The van der Waals surface area contributed by atoms with Gasteiger partial charge in [-0.15, -0.1) is 0 Å². The summed E-state index contributed by atoms with van der Waals surface area (Å²) in [6.07, 6.45) is 7.43. The van der Waals surface area contributed by atoms with Gasteiger partial charge in [0.05, 0.1) is 11.6 Å². The van der Waals surface area contributed by atoms with Crippen LogP contribution in [-0.4, -0.2) is 29.9 Å². The molecule has 1 saturated carbocycles. The molecule has 0 saturated heterocycles. The van der Waals surface area contributed by atoms with E-state index in [1.165, 1.54) is 12.8 Å². The maximum Gasteiger partial charge on any atom is 0.249 e. The van der Waals surface area contributed by atoms with Crippen LogP contribution < -0.4 is 5.32 Å². The lowest BCUT2D eigenvalue weighted by Gasteiger charge is -2.16. The standard InChI is InChI=1S/C17H23N7O/c1-4-13(17-19-10(2)23-25-17)20-15-12-9-18-24(3)16(12)22-14(21-15)11-7-5-6-8-11/h9,11,13H,4-8H2,1-3H3,(H,20,21,22)/t13-/m1/s1. The van der Waals surface area contributed by atoms with Crippen molar-refractivity contribution in [2.45, 2.75) is 57.9 Å². The Morgan fingerprint density at radius 3 is 2.76 bits per heavy atom. The van der Waals surface area contributed by atoms with E-state index in [-0.39, 0.29) is 6.04 Å². The number of nitrogens with one attached hydrogen (secondary N) is 1. The lowest BCUT2D eigenvalue weighted by molar-refractivity contribution is 0.356. The van der Waals surface area contributed by atoms with Crippen molar-refractivity contribution < 1.29 is 4.52 Å². The number of rotatable bonds is 5. The minimum Gasteiger partial charge on any atom is -0.358 e. The molecule has 0 aromatic carbocycles. The van der Waals surface area contributed by atoms with Crippen LogP contribution in [0.1, 0.15) is 68.5 Å². The highest BCUT2D eigenvalue weighted by Gasteiger charge is 2.24. The summed E-state index contributed by atoms with van der Waals surface area (Å²) < 4.78 is 7.15. The first-order valence-corrected chi connectivity index (χ1v) is 8.92. The monoisotopic (exact) mass is 341 g/mol. The second-order valence-corrected chi connectivity index (χ2v) is 6.70. The summed E-state index contributed by atoms with van der Waals surface area (Å²) in [5.74, 6) is 3.36. The molecule has 25 heavy (non-hydrogen) atoms. The molecule has 1 aliphatic rings. The zero-order chi connectivity index (χ0) is 17.4. The Bertz CT molecular complexity index is 878. The molecule has 3 aromatic heterocycles. The van der Waals surface area contributed by atoms with E-state index >= 15 is 0 Å². The topological polar surface area (TPSA) is 94.6 Å². The Hall–Kier alpha value is -2.51. The lowest BCUT2D eigenvalue weighted by Crippen LogP contribution is -2.14. The smallest absolute Gasteiger partial charge is 0.249 e. The molecule has 0 amide bonds. The van der Waals surface area contributed by atoms with Crippen LogP contribution >= 0.6 is 0 Å². The molecule has 1 fully saturated rings. The third kappa shape index (κ3) is 2.96. The summed E-state index contributed by atoms with van der Waals surface area (Å²) in [4.78, 5) is 14.0. The van der Waals surface area contributed by atoms with Crippen LogP contribution in [0.3, 0.4) is 0 Å². The highest BCUT2D eigenvalue weighted by atomic mass is 16.5. The minimum absolute atomic E-state index is 0.0871. The highest BCUT2D eigenvalue weighted by Crippen LogP contribution is 2.34. The number of aromatic nitrogens is 6. The maximum absolute atomic E-state index is 5.35. The van der Waals surface area contributed by atoms with E-state index in [1.54, 1.807) is 4.68 Å². The molecule has 4 rings (SSSR count). The van der Waals surface area contributed by atoms with Crippen LogP contribution in [0.5, 0.6) is 0 Å². The Labute approximate surface area is 146 Å². The number of fused-ring (bicyclic) bond motifs is 1. The molecule has 0 aliphatic heterocycles. The summed E-state index contributed by atoms with van der Waals surface area (Å²) in [5, 5.41) is 12.6. The molecule has 3 heterocycles. The fourth-order valence-corrected chi connectivity index (χ4v) is 3.47. The van der Waals surface area contributed by atoms with Crippen LogP contribution in [0.15, 0.2) is 10.7 Å². The van der Waals surface area contributed by atoms with E-state index in [2.05, 4.69) is 27.5 Å². The van der Waals surface area contributed by atoms with Gasteiger partial charge in [0, 0.05) is 13.0 Å². The Morgan fingerprint density at radius 2 is 2.08 bits per heavy atom. The van der Waals surface area contributed by atoms with Gasteiger partial charge in [0.25, 0.3) is 0 Å². The van der Waals surface area contributed by atoms with Crippen molar-refractivity contribution in [1.29, 1.82) is 0 Å². The van der Waals surface area contributed by atoms with Gasteiger partial charge in [-0.1, -0.05) is 24.9 Å². The quantitative estimate of drug-likeness (QED) is 0.761. The average molecular weight is 341 g/mol. The zero-order valence-electron chi connectivity index (χ0n) is 14.9. The number of aryl methyl sites for hydroxylation is 2. The fourth-order valence-electron chi connectivity index (χ4n) is 3.47. The molecule has 1 N–H and O–H groups in total. The molecule has 0 spiro atoms. The normalized spacial score (nSPS) is 16.6. The number of hydrogen-bond donors (Lipinski definition) is 1. The van der Waals surface area contributed by atoms with Gasteiger partial charge >= 0.3 is 0 Å². The summed E-state index contributed by atoms with van der Waals surface area (Å²) >= 11 is 0. The summed E-state index contributed by atoms with van der Waals surface area (Å²) in [6.45, 7) is 3.90. The van der Waals surface area contributed by atoms with E-state index in [0.29, 0.717) is 17.6 Å². The van der Waals surface area contributed by atoms with Crippen LogP contribution in [0.4, 0.5) is 5.82 Å². The molecule has 8 nitrogen and oxygen atoms in total. The first-order chi connectivity index (χ1) is 12.2. The van der Waals surface area contributed by atoms with Gasteiger partial charge in [-0.2, -0.15) is 10.1 Å². The second kappa shape index (κ2) is 6.42. The third-order valence-electron chi connectivity index (χ3n) is 4.89. The largest absolute Gasteiger partial charge is 0.358 e. The second-order valence-electron chi connectivity index (χ2n) is 6.70. The van der Waals surface area contributed by atoms with Crippen molar-refractivity contribution >= 4 is 16.9 Å². The molecule has 3 aromatic rings. The SMILES string of the molecule is CC[C@@H](Nc1nc(C2CCCC2)nc2c1cnn2C)c1nc(C)no1. The number of hydrogen-bond acceptors (Lipinski definition) is 7. The predicted octanol–water partition coefficient (Wildman–Crippen LogP) is 3.28. The zero-order valence-corrected chi connectivity index (χ0v) is 14.9. The van der Waals surface area contributed by atoms with Gasteiger partial charge in [-0.05, 0) is 26.2 Å². The lowest BCUT2D eigenvalue weighted by atomic mass is 10.1. The Kier molecular flexibility index (Phi) is 4.10. The Morgan fingerprint density at radius 1 is 1.28 bits per heavy atom. The van der Waals surface area contributed by atoms with Crippen molar-refractivity contribution in [2.75, 3.05) is 5.32 Å². The van der Waals surface area contributed by atoms with Gasteiger partial charge in [0.1, 0.15) is 17.7 Å². The van der Waals surface area contributed by atoms with Crippen molar-refractivity contribution in [3.05, 3.63) is 23.7 Å². The van der Waals surface area contributed by atoms with Crippen LogP contribution in [0.2, 0.25) is 0 Å². The third-order valence-corrected chi connectivity index (χ3v) is 4.89. The molecule has 0 bridgehead atoms. The van der Waals surface area contributed by atoms with Gasteiger partial charge in [0.2, 0.25) is 5.89 Å². The van der Waals surface area contributed by atoms with Crippen molar-refractivity contribution in [2.24, 2.45) is 7.05 Å². The molecule has 0 radical (unpaired) electrons. The average Bonchev–Trinajstić information content (AvgIpc) is 3.34. The molecule has 1 atom stereocenters. The molecule has 0 unspecified atom stereocenters. The Balaban J connectivity index is 1.74. The van der Waals surface area contributed by atoms with Crippen LogP contribution in [-0.2, 0) is 7.05 Å². The summed E-state index contributed by atoms with van der Waals surface area (Å²) in [7, 11) is 1.91. The van der Waals surface area contributed by atoms with E-state index in [9.17, 15) is 0 Å². The van der Waals surface area contributed by atoms with Gasteiger partial charge in [-0.25, -0.2) is 9.97 Å². The fraction of sp³-hybridized carbons (Fsp3) is 0.588. The van der Waals surface area contributed by atoms with E-state index < -0.39 is 0 Å². The highest BCUT2D eigenvalue weighted by molar-refractivity contribution is 5.86. The first-order valence-electron chi connectivity index (χ1n) is 8.92. The van der Waals surface area contributed by atoms with Crippen LogP contribution in [0, 0.1) is 6.92 Å². The van der Waals surface area contributed by atoms with E-state index in [0.717, 1.165) is 41.9 Å². The molecule has 8 heteroatoms. The first kappa shape index (κ1) is 16.0. The number of nitrogens with zero attached hydrogens (tertiary/aromatic N) is 6. The molecule has 132 valence electrons. The van der Waals surface area contributed by atoms with Gasteiger partial charge < -0.3 is 9.84 Å². The molecular weight excluding hydrogens is 318 g/mol. The predicted molar refractivity (Wildman–Crippen MR) is 93.2 cm³/mol. The van der Waals surface area contributed by atoms with E-state index in [4.69, 9.17) is 14.5 Å². The van der Waals surface area contributed by atoms with Crippen molar-refractivity contribution in [3.63, 3.8) is 0 Å². The van der Waals surface area contributed by atoms with Gasteiger partial charge in [-0.3, -0.25) is 4.68 Å². The summed E-state index contributed by atoms with van der Waals surface area (Å²) in [5.41, 5.74) is 0.857. The summed E-state index contributed by atoms with van der Waals surface area (Å²) in [6, 6.07) is -0.0871. The maximum atomic E-state index is 5.35. The van der Waals surface area contributed by atoms with Gasteiger partial charge in [0.15, 0.2) is 11.5 Å².